The van der Waals surface area contributed by atoms with Gasteiger partial charge in [0.1, 0.15) is 17.2 Å². The summed E-state index contributed by atoms with van der Waals surface area (Å²) in [7, 11) is 1.66. The lowest BCUT2D eigenvalue weighted by Gasteiger charge is -2.24. The summed E-state index contributed by atoms with van der Waals surface area (Å²) in [5.74, 6) is 2.19. The molecule has 0 saturated heterocycles. The van der Waals surface area contributed by atoms with Crippen molar-refractivity contribution >= 4 is 10.8 Å². The Bertz CT molecular complexity index is 972. The highest BCUT2D eigenvalue weighted by atomic mass is 16.7. The molecule has 0 aliphatic heterocycles. The minimum absolute atomic E-state index is 0.657. The number of para-hydroxylation sites is 2. The van der Waals surface area contributed by atoms with Gasteiger partial charge in [-0.15, -0.1) is 0 Å². The third-order valence-corrected chi connectivity index (χ3v) is 4.36. The lowest BCUT2D eigenvalue weighted by atomic mass is 10.0. The molecule has 0 fully saturated rings. The molecule has 0 unspecified atom stereocenters. The van der Waals surface area contributed by atoms with E-state index in [2.05, 4.69) is 12.1 Å². The molecule has 3 heteroatoms. The van der Waals surface area contributed by atoms with Gasteiger partial charge in [-0.1, -0.05) is 66.7 Å². The van der Waals surface area contributed by atoms with Crippen LogP contribution < -0.4 is 14.2 Å². The zero-order valence-electron chi connectivity index (χ0n) is 15.0. The molecule has 0 saturated carbocycles. The van der Waals surface area contributed by atoms with E-state index in [9.17, 15) is 0 Å². The molecule has 4 aromatic rings. The van der Waals surface area contributed by atoms with Crippen molar-refractivity contribution in [2.24, 2.45) is 0 Å². The zero-order chi connectivity index (χ0) is 18.5. The second-order valence-corrected chi connectivity index (χ2v) is 6.10. The van der Waals surface area contributed by atoms with Crippen LogP contribution in [0.4, 0.5) is 0 Å². The van der Waals surface area contributed by atoms with Gasteiger partial charge in [-0.3, -0.25) is 0 Å². The maximum atomic E-state index is 6.25. The standard InChI is InChI=1S/C24H20O3/c1-25-22-17-16-18-10-8-9-15-21(18)23(22)24(26-19-11-4-2-5-12-19)27-20-13-6-3-7-14-20/h2-17,24H,1H3. The first kappa shape index (κ1) is 17.0. The van der Waals surface area contributed by atoms with Crippen LogP contribution >= 0.6 is 0 Å². The van der Waals surface area contributed by atoms with Gasteiger partial charge in [-0.2, -0.15) is 0 Å². The van der Waals surface area contributed by atoms with Crippen molar-refractivity contribution in [2.75, 3.05) is 7.11 Å². The van der Waals surface area contributed by atoms with E-state index in [0.29, 0.717) is 0 Å². The van der Waals surface area contributed by atoms with Crippen LogP contribution in [0.1, 0.15) is 11.9 Å². The van der Waals surface area contributed by atoms with E-state index in [-0.39, 0.29) is 0 Å². The monoisotopic (exact) mass is 356 g/mol. The van der Waals surface area contributed by atoms with Gasteiger partial charge in [0.15, 0.2) is 0 Å². The molecule has 3 nitrogen and oxygen atoms in total. The maximum absolute atomic E-state index is 6.25. The summed E-state index contributed by atoms with van der Waals surface area (Å²) in [6.07, 6.45) is -0.657. The molecule has 0 amide bonds. The van der Waals surface area contributed by atoms with Gasteiger partial charge < -0.3 is 14.2 Å². The van der Waals surface area contributed by atoms with Crippen LogP contribution in [0.3, 0.4) is 0 Å². The normalized spacial score (nSPS) is 10.7. The fraction of sp³-hybridized carbons (Fsp3) is 0.0833. The highest BCUT2D eigenvalue weighted by molar-refractivity contribution is 5.88. The van der Waals surface area contributed by atoms with Crippen LogP contribution in [0.5, 0.6) is 17.2 Å². The van der Waals surface area contributed by atoms with Crippen molar-refractivity contribution in [1.82, 2.24) is 0 Å². The second-order valence-electron chi connectivity index (χ2n) is 6.10. The predicted octanol–water partition coefficient (Wildman–Crippen LogP) is 6.01. The number of rotatable bonds is 6. The Morgan fingerprint density at radius 3 is 1.74 bits per heavy atom. The largest absolute Gasteiger partial charge is 0.496 e. The predicted molar refractivity (Wildman–Crippen MR) is 107 cm³/mol. The third kappa shape index (κ3) is 3.72. The SMILES string of the molecule is COc1ccc2ccccc2c1C(Oc1ccccc1)Oc1ccccc1. The summed E-state index contributed by atoms with van der Waals surface area (Å²) >= 11 is 0. The lowest BCUT2D eigenvalue weighted by molar-refractivity contribution is 0.00335. The van der Waals surface area contributed by atoms with Gasteiger partial charge in [-0.05, 0) is 41.1 Å². The topological polar surface area (TPSA) is 27.7 Å². The van der Waals surface area contributed by atoms with Crippen molar-refractivity contribution in [1.29, 1.82) is 0 Å². The van der Waals surface area contributed by atoms with E-state index in [4.69, 9.17) is 14.2 Å². The quantitative estimate of drug-likeness (QED) is 0.396. The lowest BCUT2D eigenvalue weighted by Crippen LogP contribution is -2.16. The van der Waals surface area contributed by atoms with Crippen LogP contribution in [0.25, 0.3) is 10.8 Å². The van der Waals surface area contributed by atoms with E-state index < -0.39 is 6.29 Å². The van der Waals surface area contributed by atoms with Gasteiger partial charge in [0.05, 0.1) is 12.7 Å². The van der Waals surface area contributed by atoms with E-state index in [1.165, 1.54) is 0 Å². The Hall–Kier alpha value is -3.46. The van der Waals surface area contributed by atoms with Crippen molar-refractivity contribution in [3.8, 4) is 17.2 Å². The molecule has 134 valence electrons. The molecule has 0 bridgehead atoms. The van der Waals surface area contributed by atoms with Crippen LogP contribution in [-0.2, 0) is 0 Å². The Morgan fingerprint density at radius 2 is 1.15 bits per heavy atom. The number of methoxy groups -OCH3 is 1. The first-order valence-corrected chi connectivity index (χ1v) is 8.84. The van der Waals surface area contributed by atoms with Crippen LogP contribution in [0.15, 0.2) is 97.1 Å². The minimum Gasteiger partial charge on any atom is -0.496 e. The molecule has 27 heavy (non-hydrogen) atoms. The smallest absolute Gasteiger partial charge is 0.271 e. The minimum atomic E-state index is -0.657. The van der Waals surface area contributed by atoms with Crippen molar-refractivity contribution < 1.29 is 14.2 Å². The first-order chi connectivity index (χ1) is 13.3. The van der Waals surface area contributed by atoms with Crippen molar-refractivity contribution in [2.45, 2.75) is 6.29 Å². The Kier molecular flexibility index (Phi) is 4.93. The first-order valence-electron chi connectivity index (χ1n) is 8.84. The molecule has 0 atom stereocenters. The fourth-order valence-corrected chi connectivity index (χ4v) is 3.08. The molecule has 0 heterocycles. The average molecular weight is 356 g/mol. The summed E-state index contributed by atoms with van der Waals surface area (Å²) in [4.78, 5) is 0. The van der Waals surface area contributed by atoms with Crippen molar-refractivity contribution in [3.05, 3.63) is 103 Å². The van der Waals surface area contributed by atoms with Crippen molar-refractivity contribution in [3.63, 3.8) is 0 Å². The Labute approximate surface area is 158 Å². The molecular weight excluding hydrogens is 336 g/mol. The van der Waals surface area contributed by atoms with Gasteiger partial charge in [0.2, 0.25) is 0 Å². The van der Waals surface area contributed by atoms with Crippen LogP contribution in [0.2, 0.25) is 0 Å². The number of benzene rings is 4. The van der Waals surface area contributed by atoms with Gasteiger partial charge >= 0.3 is 0 Å². The Morgan fingerprint density at radius 1 is 0.593 bits per heavy atom. The fourth-order valence-electron chi connectivity index (χ4n) is 3.08. The Balaban J connectivity index is 1.83. The third-order valence-electron chi connectivity index (χ3n) is 4.36. The highest BCUT2D eigenvalue weighted by Gasteiger charge is 2.23. The van der Waals surface area contributed by atoms with Gasteiger partial charge in [0.25, 0.3) is 6.29 Å². The molecule has 0 aromatic heterocycles. The number of hydrogen-bond donors (Lipinski definition) is 0. The van der Waals surface area contributed by atoms with E-state index in [1.54, 1.807) is 7.11 Å². The summed E-state index contributed by atoms with van der Waals surface area (Å²) in [5, 5.41) is 2.14. The number of fused-ring (bicyclic) bond motifs is 1. The van der Waals surface area contributed by atoms with Crippen LogP contribution in [-0.4, -0.2) is 7.11 Å². The molecule has 4 aromatic carbocycles. The molecule has 0 radical (unpaired) electrons. The highest BCUT2D eigenvalue weighted by Crippen LogP contribution is 2.36. The molecular formula is C24H20O3. The zero-order valence-corrected chi connectivity index (χ0v) is 15.0. The molecule has 0 N–H and O–H groups in total. The van der Waals surface area contributed by atoms with Crippen LogP contribution in [0, 0.1) is 0 Å². The number of hydrogen-bond acceptors (Lipinski definition) is 3. The molecule has 4 rings (SSSR count). The molecule has 0 aliphatic carbocycles. The van der Waals surface area contributed by atoms with E-state index in [1.807, 2.05) is 84.9 Å². The summed E-state index contributed by atoms with van der Waals surface area (Å²) in [5.41, 5.74) is 0.864. The summed E-state index contributed by atoms with van der Waals surface area (Å²) in [6, 6.07) is 31.5. The maximum Gasteiger partial charge on any atom is 0.271 e. The molecule has 0 spiro atoms. The van der Waals surface area contributed by atoms with Gasteiger partial charge in [0, 0.05) is 0 Å². The second kappa shape index (κ2) is 7.83. The summed E-state index contributed by atoms with van der Waals surface area (Å²) < 4.78 is 18.2. The molecule has 0 aliphatic rings. The number of ether oxygens (including phenoxy) is 3. The summed E-state index contributed by atoms with van der Waals surface area (Å²) in [6.45, 7) is 0. The van der Waals surface area contributed by atoms with E-state index in [0.717, 1.165) is 33.6 Å². The van der Waals surface area contributed by atoms with E-state index >= 15 is 0 Å². The average Bonchev–Trinajstić information content (AvgIpc) is 2.74. The van der Waals surface area contributed by atoms with Gasteiger partial charge in [-0.25, -0.2) is 0 Å².